The highest BCUT2D eigenvalue weighted by molar-refractivity contribution is 6.31. The number of halogens is 2. The first-order chi connectivity index (χ1) is 14.8. The van der Waals surface area contributed by atoms with Crippen LogP contribution in [0.3, 0.4) is 0 Å². The van der Waals surface area contributed by atoms with Crippen LogP contribution in [0.2, 0.25) is 5.02 Å². The van der Waals surface area contributed by atoms with E-state index in [0.29, 0.717) is 48.3 Å². The van der Waals surface area contributed by atoms with Gasteiger partial charge in [0.2, 0.25) is 5.78 Å². The van der Waals surface area contributed by atoms with Crippen LogP contribution in [-0.4, -0.2) is 44.8 Å². The molecule has 31 heavy (non-hydrogen) atoms. The first-order valence-corrected chi connectivity index (χ1v) is 10.7. The third kappa shape index (κ3) is 4.13. The molecular formula is C22H25ClFN3O4. The Labute approximate surface area is 184 Å². The highest BCUT2D eigenvalue weighted by Gasteiger charge is 2.45. The van der Waals surface area contributed by atoms with Crippen molar-refractivity contribution in [1.29, 1.82) is 0 Å². The molecule has 1 aliphatic heterocycles. The topological polar surface area (TPSA) is 104 Å². The van der Waals surface area contributed by atoms with Crippen molar-refractivity contribution >= 4 is 29.0 Å². The molecule has 1 aromatic carbocycles. The van der Waals surface area contributed by atoms with Crippen LogP contribution in [0.4, 0.5) is 10.1 Å². The number of carbonyl (C=O) groups is 2. The van der Waals surface area contributed by atoms with Gasteiger partial charge in [-0.3, -0.25) is 14.9 Å². The van der Waals surface area contributed by atoms with Crippen molar-refractivity contribution < 1.29 is 24.2 Å². The van der Waals surface area contributed by atoms with Gasteiger partial charge in [0.15, 0.2) is 6.23 Å². The number of nitrogens with one attached hydrogen (secondary N) is 2. The van der Waals surface area contributed by atoms with E-state index in [9.17, 15) is 24.2 Å². The van der Waals surface area contributed by atoms with Gasteiger partial charge in [0.25, 0.3) is 5.91 Å². The molecular weight excluding hydrogens is 425 g/mol. The summed E-state index contributed by atoms with van der Waals surface area (Å²) in [7, 11) is 0. The van der Waals surface area contributed by atoms with Gasteiger partial charge in [-0.25, -0.2) is 4.39 Å². The van der Waals surface area contributed by atoms with Gasteiger partial charge in [0, 0.05) is 23.5 Å². The number of hydrogen-bond donors (Lipinski definition) is 4. The molecule has 0 saturated heterocycles. The highest BCUT2D eigenvalue weighted by Crippen LogP contribution is 2.36. The van der Waals surface area contributed by atoms with E-state index in [-0.39, 0.29) is 11.6 Å². The zero-order valence-electron chi connectivity index (χ0n) is 17.2. The quantitative estimate of drug-likeness (QED) is 0.384. The largest absolute Gasteiger partial charge is 0.394 e. The number of nitrogens with zero attached hydrogens (tertiary/aromatic N) is 1. The van der Waals surface area contributed by atoms with Gasteiger partial charge in [0.05, 0.1) is 22.9 Å². The molecule has 2 aliphatic rings. The van der Waals surface area contributed by atoms with Crippen LogP contribution in [-0.2, 0) is 13.0 Å². The average Bonchev–Trinajstić information content (AvgIpc) is 3.45. The summed E-state index contributed by atoms with van der Waals surface area (Å²) in [6.07, 6.45) is 2.28. The molecule has 0 spiro atoms. The highest BCUT2D eigenvalue weighted by atomic mass is 35.5. The number of carbonyl (C=O) groups excluding carboxylic acids is 2. The normalized spacial score (nSPS) is 17.7. The number of fused-ring (bicyclic) bond motifs is 1. The Balaban J connectivity index is 1.66. The number of aliphatic hydroxyl groups excluding tert-OH is 2. The van der Waals surface area contributed by atoms with Crippen LogP contribution in [0.1, 0.15) is 57.8 Å². The molecule has 1 aliphatic carbocycles. The molecule has 1 unspecified atom stereocenters. The smallest absolute Gasteiger partial charge is 0.257 e. The van der Waals surface area contributed by atoms with Gasteiger partial charge >= 0.3 is 0 Å². The fraction of sp³-hybridized carbons (Fsp3) is 0.455. The summed E-state index contributed by atoms with van der Waals surface area (Å²) in [4.78, 5) is 26.2. The minimum atomic E-state index is -1.47. The van der Waals surface area contributed by atoms with Crippen LogP contribution < -0.4 is 10.6 Å². The molecule has 1 saturated carbocycles. The van der Waals surface area contributed by atoms with E-state index >= 15 is 0 Å². The second-order valence-corrected chi connectivity index (χ2v) is 8.74. The Morgan fingerprint density at radius 3 is 2.71 bits per heavy atom. The number of rotatable bonds is 7. The van der Waals surface area contributed by atoms with Gasteiger partial charge in [-0.1, -0.05) is 11.6 Å². The monoisotopic (exact) mass is 449 g/mol. The number of hydrogen-bond acceptors (Lipinski definition) is 5. The summed E-state index contributed by atoms with van der Waals surface area (Å²) in [5.41, 5.74) is 1.66. The number of benzene rings is 1. The third-order valence-corrected chi connectivity index (χ3v) is 6.43. The minimum Gasteiger partial charge on any atom is -0.394 e. The first-order valence-electron chi connectivity index (χ1n) is 10.4. The van der Waals surface area contributed by atoms with Crippen LogP contribution >= 0.6 is 11.6 Å². The predicted molar refractivity (Wildman–Crippen MR) is 114 cm³/mol. The number of aromatic nitrogens is 1. The number of anilines is 1. The lowest BCUT2D eigenvalue weighted by Gasteiger charge is -2.22. The third-order valence-electron chi connectivity index (χ3n) is 6.15. The Hall–Kier alpha value is -2.26. The second-order valence-electron chi connectivity index (χ2n) is 8.34. The first kappa shape index (κ1) is 22.0. The molecule has 7 nitrogen and oxygen atoms in total. The molecule has 4 N–H and O–H groups in total. The molecule has 0 radical (unpaired) electrons. The van der Waals surface area contributed by atoms with Crippen LogP contribution in [0, 0.1) is 12.7 Å². The Bertz CT molecular complexity index is 1050. The number of ketones is 1. The molecule has 166 valence electrons. The maximum atomic E-state index is 13.4. The van der Waals surface area contributed by atoms with Gasteiger partial charge in [-0.2, -0.15) is 0 Å². The van der Waals surface area contributed by atoms with E-state index in [0.717, 1.165) is 18.5 Å². The predicted octanol–water partition coefficient (Wildman–Crippen LogP) is 2.79. The SMILES string of the molecule is Cc1c(C(=O)Nc2ccc(F)c(Cl)c2)c2n(c1C(=O)C(O)NC1(CO)CC1)CCCC2. The van der Waals surface area contributed by atoms with Crippen LogP contribution in [0.25, 0.3) is 0 Å². The lowest BCUT2D eigenvalue weighted by Crippen LogP contribution is -2.47. The summed E-state index contributed by atoms with van der Waals surface area (Å²) in [5, 5.41) is 25.5. The van der Waals surface area contributed by atoms with Crippen molar-refractivity contribution in [2.45, 2.75) is 57.3 Å². The second kappa shape index (κ2) is 8.35. The summed E-state index contributed by atoms with van der Waals surface area (Å²) >= 11 is 5.81. The van der Waals surface area contributed by atoms with Crippen molar-refractivity contribution in [3.8, 4) is 0 Å². The molecule has 0 bridgehead atoms. The van der Waals surface area contributed by atoms with Gasteiger partial charge in [0.1, 0.15) is 5.82 Å². The zero-order chi connectivity index (χ0) is 22.3. The zero-order valence-corrected chi connectivity index (χ0v) is 17.9. The minimum absolute atomic E-state index is 0.101. The van der Waals surface area contributed by atoms with Crippen molar-refractivity contribution in [2.75, 3.05) is 11.9 Å². The van der Waals surface area contributed by atoms with Crippen molar-refractivity contribution in [3.05, 3.63) is 51.6 Å². The summed E-state index contributed by atoms with van der Waals surface area (Å²) in [5.74, 6) is -1.52. The molecule has 9 heteroatoms. The molecule has 1 atom stereocenters. The lowest BCUT2D eigenvalue weighted by molar-refractivity contribution is 0.0574. The van der Waals surface area contributed by atoms with E-state index in [1.807, 2.05) is 4.57 Å². The van der Waals surface area contributed by atoms with E-state index in [1.165, 1.54) is 18.2 Å². The summed E-state index contributed by atoms with van der Waals surface area (Å²) in [6, 6.07) is 3.92. The fourth-order valence-electron chi connectivity index (χ4n) is 4.25. The van der Waals surface area contributed by atoms with Gasteiger partial charge < -0.3 is 20.1 Å². The van der Waals surface area contributed by atoms with Crippen LogP contribution in [0.15, 0.2) is 18.2 Å². The number of Topliss-reactive ketones (excluding diaryl/α,β-unsaturated/α-hetero) is 1. The van der Waals surface area contributed by atoms with E-state index in [4.69, 9.17) is 11.6 Å². The summed E-state index contributed by atoms with van der Waals surface area (Å²) < 4.78 is 15.2. The van der Waals surface area contributed by atoms with Crippen molar-refractivity contribution in [2.24, 2.45) is 0 Å². The Kier molecular flexibility index (Phi) is 5.91. The fourth-order valence-corrected chi connectivity index (χ4v) is 4.43. The molecule has 2 heterocycles. The molecule has 2 aromatic rings. The lowest BCUT2D eigenvalue weighted by atomic mass is 10.0. The molecule has 1 amide bonds. The molecule has 4 rings (SSSR count). The van der Waals surface area contributed by atoms with Crippen molar-refractivity contribution in [3.63, 3.8) is 0 Å². The van der Waals surface area contributed by atoms with E-state index < -0.39 is 29.3 Å². The van der Waals surface area contributed by atoms with E-state index in [1.54, 1.807) is 6.92 Å². The maximum absolute atomic E-state index is 13.4. The summed E-state index contributed by atoms with van der Waals surface area (Å²) in [6.45, 7) is 2.11. The molecule has 1 aromatic heterocycles. The number of amides is 1. The van der Waals surface area contributed by atoms with Crippen molar-refractivity contribution in [1.82, 2.24) is 9.88 Å². The van der Waals surface area contributed by atoms with E-state index in [2.05, 4.69) is 10.6 Å². The average molecular weight is 450 g/mol. The molecule has 1 fully saturated rings. The standard InChI is InChI=1S/C22H25ClFN3O4/c1-12-17(20(30)25-13-5-6-15(24)14(23)10-13)16-4-2-3-9-27(16)18(12)19(29)21(31)26-22(11-28)7-8-22/h5-6,10,21,26,28,31H,2-4,7-9,11H2,1H3,(H,25,30). The maximum Gasteiger partial charge on any atom is 0.257 e. The van der Waals surface area contributed by atoms with Gasteiger partial charge in [-0.05, 0) is 62.8 Å². The Morgan fingerprint density at radius 2 is 2.06 bits per heavy atom. The van der Waals surface area contributed by atoms with Crippen LogP contribution in [0.5, 0.6) is 0 Å². The van der Waals surface area contributed by atoms with Gasteiger partial charge in [-0.15, -0.1) is 0 Å². The Morgan fingerprint density at radius 1 is 1.32 bits per heavy atom. The number of aliphatic hydroxyl groups is 2.